The molecule has 0 aromatic heterocycles. The van der Waals surface area contributed by atoms with Crippen LogP contribution in [-0.4, -0.2) is 41.0 Å². The highest BCUT2D eigenvalue weighted by atomic mass is 16.4. The number of carbonyl (C=O) groups is 3. The van der Waals surface area contributed by atoms with Gasteiger partial charge < -0.3 is 21.5 Å². The van der Waals surface area contributed by atoms with Gasteiger partial charge in [0, 0.05) is 6.04 Å². The van der Waals surface area contributed by atoms with Crippen molar-refractivity contribution in [3.63, 3.8) is 0 Å². The van der Waals surface area contributed by atoms with Crippen molar-refractivity contribution in [2.45, 2.75) is 63.1 Å². The minimum atomic E-state index is -1.25. The normalized spacial score (nSPS) is 30.0. The van der Waals surface area contributed by atoms with Crippen LogP contribution >= 0.6 is 0 Å². The fourth-order valence-electron chi connectivity index (χ4n) is 3.38. The summed E-state index contributed by atoms with van der Waals surface area (Å²) in [7, 11) is 0. The molecule has 7 nitrogen and oxygen atoms in total. The van der Waals surface area contributed by atoms with Crippen LogP contribution in [-0.2, 0) is 14.4 Å². The fourth-order valence-corrected chi connectivity index (χ4v) is 3.38. The topological polar surface area (TPSA) is 122 Å². The molecular formula is C14H23N3O4. The number of carbonyl (C=O) groups excluding carboxylic acids is 2. The van der Waals surface area contributed by atoms with Crippen LogP contribution in [0.15, 0.2) is 0 Å². The molecular weight excluding hydrogens is 274 g/mol. The first-order valence-corrected chi connectivity index (χ1v) is 7.55. The first-order chi connectivity index (χ1) is 9.97. The third-order valence-corrected chi connectivity index (χ3v) is 4.49. The minimum Gasteiger partial charge on any atom is -0.480 e. The molecule has 0 aromatic rings. The van der Waals surface area contributed by atoms with Gasteiger partial charge in [-0.25, -0.2) is 4.79 Å². The van der Waals surface area contributed by atoms with Crippen molar-refractivity contribution < 1.29 is 19.5 Å². The zero-order valence-corrected chi connectivity index (χ0v) is 12.0. The summed E-state index contributed by atoms with van der Waals surface area (Å²) in [6.07, 6.45) is 5.99. The van der Waals surface area contributed by atoms with Gasteiger partial charge in [0.15, 0.2) is 0 Å². The zero-order chi connectivity index (χ0) is 15.4. The summed E-state index contributed by atoms with van der Waals surface area (Å²) in [5, 5.41) is 14.8. The minimum absolute atomic E-state index is 0.350. The van der Waals surface area contributed by atoms with Crippen LogP contribution < -0.4 is 16.4 Å². The number of nitrogens with two attached hydrogens (primary N) is 1. The molecule has 3 unspecified atom stereocenters. The average Bonchev–Trinajstić information content (AvgIpc) is 2.45. The molecule has 21 heavy (non-hydrogen) atoms. The second-order valence-corrected chi connectivity index (χ2v) is 6.02. The maximum Gasteiger partial charge on any atom is 0.326 e. The van der Waals surface area contributed by atoms with Gasteiger partial charge in [-0.1, -0.05) is 12.8 Å². The fraction of sp³-hybridized carbons (Fsp3) is 0.786. The summed E-state index contributed by atoms with van der Waals surface area (Å²) >= 11 is 0. The number of carboxylic acids is 1. The first kappa shape index (κ1) is 15.8. The van der Waals surface area contributed by atoms with Crippen LogP contribution in [0.3, 0.4) is 0 Å². The van der Waals surface area contributed by atoms with Gasteiger partial charge in [0.05, 0.1) is 12.5 Å². The summed E-state index contributed by atoms with van der Waals surface area (Å²) in [5.74, 6) is -1.71. The van der Waals surface area contributed by atoms with Gasteiger partial charge in [0.25, 0.3) is 0 Å². The van der Waals surface area contributed by atoms with Gasteiger partial charge >= 0.3 is 5.97 Å². The van der Waals surface area contributed by atoms with Crippen molar-refractivity contribution >= 4 is 17.8 Å². The molecule has 4 atom stereocenters. The van der Waals surface area contributed by atoms with Crippen molar-refractivity contribution in [1.82, 2.24) is 10.6 Å². The van der Waals surface area contributed by atoms with Gasteiger partial charge in [-0.05, 0) is 31.6 Å². The molecule has 0 spiro atoms. The molecule has 118 valence electrons. The second kappa shape index (κ2) is 6.89. The van der Waals surface area contributed by atoms with E-state index in [4.69, 9.17) is 10.8 Å². The lowest BCUT2D eigenvalue weighted by atomic mass is 9.77. The molecule has 0 radical (unpaired) electrons. The Hall–Kier alpha value is -1.63. The summed E-state index contributed by atoms with van der Waals surface area (Å²) in [4.78, 5) is 34.1. The third kappa shape index (κ3) is 4.17. The predicted molar refractivity (Wildman–Crippen MR) is 75.3 cm³/mol. The summed E-state index contributed by atoms with van der Waals surface area (Å²) in [6, 6.07) is -1.28. The molecule has 1 aliphatic carbocycles. The number of hydrogen-bond acceptors (Lipinski definition) is 4. The van der Waals surface area contributed by atoms with Crippen molar-refractivity contribution in [2.75, 3.05) is 0 Å². The van der Waals surface area contributed by atoms with Crippen molar-refractivity contribution in [3.8, 4) is 0 Å². The Kier molecular flexibility index (Phi) is 5.17. The van der Waals surface area contributed by atoms with Crippen LogP contribution in [0.2, 0.25) is 0 Å². The lowest BCUT2D eigenvalue weighted by molar-refractivity contribution is -0.143. The summed E-state index contributed by atoms with van der Waals surface area (Å²) < 4.78 is 0. The predicted octanol–water partition coefficient (Wildman–Crippen LogP) is -0.258. The van der Waals surface area contributed by atoms with E-state index in [1.54, 1.807) is 0 Å². The Morgan fingerprint density at radius 3 is 2.57 bits per heavy atom. The summed E-state index contributed by atoms with van der Waals surface area (Å²) in [6.45, 7) is 0. The van der Waals surface area contributed by atoms with E-state index in [0.29, 0.717) is 18.4 Å². The number of rotatable bonds is 5. The van der Waals surface area contributed by atoms with Gasteiger partial charge in [0.2, 0.25) is 11.8 Å². The Labute approximate surface area is 123 Å². The third-order valence-electron chi connectivity index (χ3n) is 4.49. The van der Waals surface area contributed by atoms with Gasteiger partial charge in [-0.3, -0.25) is 9.59 Å². The Morgan fingerprint density at radius 2 is 1.90 bits per heavy atom. The highest BCUT2D eigenvalue weighted by Crippen LogP contribution is 2.32. The Morgan fingerprint density at radius 1 is 1.19 bits per heavy atom. The molecule has 2 rings (SSSR count). The molecule has 2 aliphatic rings. The van der Waals surface area contributed by atoms with Gasteiger partial charge in [-0.15, -0.1) is 0 Å². The number of fused-ring (bicyclic) bond motifs is 1. The monoisotopic (exact) mass is 297 g/mol. The number of hydrogen-bond donors (Lipinski definition) is 4. The number of piperidine rings is 1. The highest BCUT2D eigenvalue weighted by Gasteiger charge is 2.35. The Bertz CT molecular complexity index is 426. The standard InChI is InChI=1S/C14H23N3O4/c15-12(18)7-11(14(20)21)17-13(19)10-6-5-8-3-1-2-4-9(8)16-10/h8-11,16H,1-7H2,(H2,15,18)(H,17,19)(H,20,21)/t8?,9?,10?,11-/m0/s1. The number of primary amides is 1. The van der Waals surface area contributed by atoms with E-state index in [9.17, 15) is 14.4 Å². The second-order valence-electron chi connectivity index (χ2n) is 6.02. The SMILES string of the molecule is NC(=O)C[C@H](NC(=O)C1CCC2CCCCC2N1)C(=O)O. The van der Waals surface area contributed by atoms with E-state index in [1.807, 2.05) is 0 Å². The number of nitrogens with one attached hydrogen (secondary N) is 2. The molecule has 1 saturated carbocycles. The lowest BCUT2D eigenvalue weighted by Gasteiger charge is -2.40. The molecule has 7 heteroatoms. The van der Waals surface area contributed by atoms with Crippen LogP contribution in [0, 0.1) is 5.92 Å². The van der Waals surface area contributed by atoms with Gasteiger partial charge in [-0.2, -0.15) is 0 Å². The molecule has 1 aliphatic heterocycles. The van der Waals surface area contributed by atoms with Crippen molar-refractivity contribution in [1.29, 1.82) is 0 Å². The van der Waals surface area contributed by atoms with Gasteiger partial charge in [0.1, 0.15) is 6.04 Å². The van der Waals surface area contributed by atoms with E-state index >= 15 is 0 Å². The van der Waals surface area contributed by atoms with Crippen molar-refractivity contribution in [2.24, 2.45) is 11.7 Å². The Balaban J connectivity index is 1.90. The smallest absolute Gasteiger partial charge is 0.326 e. The van der Waals surface area contributed by atoms with E-state index in [-0.39, 0.29) is 18.4 Å². The highest BCUT2D eigenvalue weighted by molar-refractivity contribution is 5.90. The van der Waals surface area contributed by atoms with Crippen LogP contribution in [0.25, 0.3) is 0 Å². The van der Waals surface area contributed by atoms with Crippen molar-refractivity contribution in [3.05, 3.63) is 0 Å². The van der Waals surface area contributed by atoms with E-state index in [0.717, 1.165) is 12.8 Å². The van der Waals surface area contributed by atoms with E-state index in [1.165, 1.54) is 19.3 Å². The molecule has 2 amide bonds. The van der Waals surface area contributed by atoms with Crippen LogP contribution in [0.1, 0.15) is 44.9 Å². The number of aliphatic carboxylic acids is 1. The summed E-state index contributed by atoms with van der Waals surface area (Å²) in [5.41, 5.74) is 5.00. The molecule has 0 bridgehead atoms. The van der Waals surface area contributed by atoms with E-state index in [2.05, 4.69) is 10.6 Å². The molecule has 1 heterocycles. The van der Waals surface area contributed by atoms with Crippen LogP contribution in [0.4, 0.5) is 0 Å². The maximum atomic E-state index is 12.2. The first-order valence-electron chi connectivity index (χ1n) is 7.55. The molecule has 0 aromatic carbocycles. The maximum absolute atomic E-state index is 12.2. The quantitative estimate of drug-likeness (QED) is 0.557. The van der Waals surface area contributed by atoms with E-state index < -0.39 is 17.9 Å². The van der Waals surface area contributed by atoms with Crippen LogP contribution in [0.5, 0.6) is 0 Å². The number of carboxylic acid groups (broad SMARTS) is 1. The molecule has 2 fully saturated rings. The largest absolute Gasteiger partial charge is 0.480 e. The molecule has 5 N–H and O–H groups in total. The lowest BCUT2D eigenvalue weighted by Crippen LogP contribution is -2.57. The zero-order valence-electron chi connectivity index (χ0n) is 12.0. The average molecular weight is 297 g/mol. The molecule has 1 saturated heterocycles. The number of amides is 2.